The maximum absolute atomic E-state index is 13.7. The number of carbonyl (C=O) groups is 1. The zero-order chi connectivity index (χ0) is 17.8. The molecule has 2 N–H and O–H groups in total. The fourth-order valence-corrected chi connectivity index (χ4v) is 3.15. The molecule has 6 nitrogen and oxygen atoms in total. The minimum absolute atomic E-state index is 0.164. The zero-order valence-corrected chi connectivity index (χ0v) is 14.5. The molecule has 1 aliphatic heterocycles. The summed E-state index contributed by atoms with van der Waals surface area (Å²) in [5.41, 5.74) is 1.99. The van der Waals surface area contributed by atoms with Crippen LogP contribution in [-0.2, 0) is 6.54 Å². The van der Waals surface area contributed by atoms with Crippen LogP contribution in [0.1, 0.15) is 23.4 Å². The van der Waals surface area contributed by atoms with Gasteiger partial charge in [0.15, 0.2) is 5.76 Å². The van der Waals surface area contributed by atoms with Gasteiger partial charge in [-0.2, -0.15) is 0 Å². The number of anilines is 1. The molecule has 0 radical (unpaired) electrons. The summed E-state index contributed by atoms with van der Waals surface area (Å²) in [6, 6.07) is 6.60. The molecule has 0 spiro atoms. The highest BCUT2D eigenvalue weighted by molar-refractivity contribution is 5.90. The summed E-state index contributed by atoms with van der Waals surface area (Å²) in [5, 5.41) is 9.47. The topological polar surface area (TPSA) is 70.4 Å². The van der Waals surface area contributed by atoms with Crippen molar-refractivity contribution in [3.63, 3.8) is 0 Å². The van der Waals surface area contributed by atoms with Gasteiger partial charge in [-0.3, -0.25) is 4.90 Å². The van der Waals surface area contributed by atoms with Crippen LogP contribution < -0.4 is 10.6 Å². The second kappa shape index (κ2) is 7.65. The number of urea groups is 1. The average Bonchev–Trinajstić information content (AvgIpc) is 3.16. The van der Waals surface area contributed by atoms with Gasteiger partial charge in [-0.25, -0.2) is 9.18 Å². The highest BCUT2D eigenvalue weighted by atomic mass is 19.1. The van der Waals surface area contributed by atoms with Crippen molar-refractivity contribution in [2.24, 2.45) is 5.92 Å². The third kappa shape index (κ3) is 4.36. The minimum Gasteiger partial charge on any atom is -0.359 e. The lowest BCUT2D eigenvalue weighted by Gasteiger charge is -2.17. The van der Waals surface area contributed by atoms with Gasteiger partial charge >= 0.3 is 6.03 Å². The van der Waals surface area contributed by atoms with Crippen molar-refractivity contribution in [1.82, 2.24) is 15.4 Å². The first kappa shape index (κ1) is 17.4. The van der Waals surface area contributed by atoms with Crippen molar-refractivity contribution >= 4 is 11.7 Å². The molecular formula is C18H23FN4O2. The van der Waals surface area contributed by atoms with E-state index in [9.17, 15) is 9.18 Å². The summed E-state index contributed by atoms with van der Waals surface area (Å²) in [6.07, 6.45) is 0.986. The molecule has 2 aromatic rings. The highest BCUT2D eigenvalue weighted by Crippen LogP contribution is 2.20. The number of aromatic nitrogens is 1. The smallest absolute Gasteiger partial charge is 0.319 e. The molecule has 2 amide bonds. The zero-order valence-electron chi connectivity index (χ0n) is 14.5. The third-order valence-corrected chi connectivity index (χ3v) is 4.54. The Morgan fingerprint density at radius 1 is 1.40 bits per heavy atom. The van der Waals surface area contributed by atoms with Crippen molar-refractivity contribution in [1.29, 1.82) is 0 Å². The molecule has 1 atom stereocenters. The number of amides is 2. The maximum atomic E-state index is 13.7. The monoisotopic (exact) mass is 346 g/mol. The lowest BCUT2D eigenvalue weighted by atomic mass is 10.1. The van der Waals surface area contributed by atoms with Gasteiger partial charge in [0, 0.05) is 25.2 Å². The number of nitrogens with zero attached hydrogens (tertiary/aromatic N) is 2. The molecule has 0 aliphatic carbocycles. The Labute approximate surface area is 146 Å². The molecule has 0 bridgehead atoms. The molecule has 1 fully saturated rings. The van der Waals surface area contributed by atoms with Crippen LogP contribution in [0.5, 0.6) is 0 Å². The van der Waals surface area contributed by atoms with E-state index in [0.29, 0.717) is 41.7 Å². The molecular weight excluding hydrogens is 323 g/mol. The standard InChI is InChI=1S/C18H23FN4O2/c1-12-17(13(2)25-22-12)21-18(24)20-9-14-7-8-23(10-14)11-15-5-3-4-6-16(15)19/h3-6,14H,7-11H2,1-2H3,(H2,20,21,24)/t14-/m1/s1. The van der Waals surface area contributed by atoms with Gasteiger partial charge in [0.1, 0.15) is 17.2 Å². The van der Waals surface area contributed by atoms with Gasteiger partial charge in [-0.05, 0) is 38.8 Å². The van der Waals surface area contributed by atoms with Crippen LogP contribution in [0.4, 0.5) is 14.9 Å². The van der Waals surface area contributed by atoms with Gasteiger partial charge in [0.25, 0.3) is 0 Å². The van der Waals surface area contributed by atoms with E-state index in [4.69, 9.17) is 4.52 Å². The van der Waals surface area contributed by atoms with Crippen molar-refractivity contribution in [3.05, 3.63) is 47.1 Å². The van der Waals surface area contributed by atoms with Crippen LogP contribution in [0.25, 0.3) is 0 Å². The number of aryl methyl sites for hydroxylation is 2. The number of nitrogens with one attached hydrogen (secondary N) is 2. The number of likely N-dealkylation sites (tertiary alicyclic amines) is 1. The van der Waals surface area contributed by atoms with Crippen LogP contribution in [0.15, 0.2) is 28.8 Å². The molecule has 2 heterocycles. The molecule has 3 rings (SSSR count). The summed E-state index contributed by atoms with van der Waals surface area (Å²) in [4.78, 5) is 14.3. The number of benzene rings is 1. The lowest BCUT2D eigenvalue weighted by molar-refractivity contribution is 0.249. The van der Waals surface area contributed by atoms with Crippen LogP contribution in [0.2, 0.25) is 0 Å². The van der Waals surface area contributed by atoms with E-state index in [2.05, 4.69) is 20.7 Å². The van der Waals surface area contributed by atoms with Crippen LogP contribution in [-0.4, -0.2) is 35.7 Å². The van der Waals surface area contributed by atoms with Crippen LogP contribution >= 0.6 is 0 Å². The Morgan fingerprint density at radius 2 is 2.20 bits per heavy atom. The van der Waals surface area contributed by atoms with Crippen LogP contribution in [0, 0.1) is 25.6 Å². The number of halogens is 1. The second-order valence-electron chi connectivity index (χ2n) is 6.52. The van der Waals surface area contributed by atoms with Crippen molar-refractivity contribution in [3.8, 4) is 0 Å². The lowest BCUT2D eigenvalue weighted by Crippen LogP contribution is -2.34. The number of carbonyl (C=O) groups excluding carboxylic acids is 1. The Kier molecular flexibility index (Phi) is 5.33. The summed E-state index contributed by atoms with van der Waals surface area (Å²) < 4.78 is 18.8. The third-order valence-electron chi connectivity index (χ3n) is 4.54. The molecule has 25 heavy (non-hydrogen) atoms. The van der Waals surface area contributed by atoms with Gasteiger partial charge < -0.3 is 15.2 Å². The van der Waals surface area contributed by atoms with E-state index in [1.807, 2.05) is 12.1 Å². The van der Waals surface area contributed by atoms with Gasteiger partial charge in [0.05, 0.1) is 0 Å². The van der Waals surface area contributed by atoms with E-state index < -0.39 is 0 Å². The maximum Gasteiger partial charge on any atom is 0.319 e. The first-order chi connectivity index (χ1) is 12.0. The Morgan fingerprint density at radius 3 is 2.92 bits per heavy atom. The molecule has 1 saturated heterocycles. The molecule has 134 valence electrons. The normalized spacial score (nSPS) is 17.6. The Balaban J connectivity index is 1.44. The number of hydrogen-bond acceptors (Lipinski definition) is 4. The fourth-order valence-electron chi connectivity index (χ4n) is 3.15. The van der Waals surface area contributed by atoms with E-state index in [1.165, 1.54) is 6.07 Å². The van der Waals surface area contributed by atoms with E-state index >= 15 is 0 Å². The quantitative estimate of drug-likeness (QED) is 0.873. The van der Waals surface area contributed by atoms with Gasteiger partial charge in [-0.1, -0.05) is 23.4 Å². The predicted octanol–water partition coefficient (Wildman–Crippen LogP) is 3.07. The molecule has 1 aromatic carbocycles. The molecule has 0 saturated carbocycles. The Bertz CT molecular complexity index is 727. The van der Waals surface area contributed by atoms with Crippen LogP contribution in [0.3, 0.4) is 0 Å². The van der Waals surface area contributed by atoms with Crippen molar-refractivity contribution < 1.29 is 13.7 Å². The average molecular weight is 346 g/mol. The van der Waals surface area contributed by atoms with Crippen molar-refractivity contribution in [2.45, 2.75) is 26.8 Å². The summed E-state index contributed by atoms with van der Waals surface area (Å²) in [7, 11) is 0. The fraction of sp³-hybridized carbons (Fsp3) is 0.444. The molecule has 7 heteroatoms. The number of hydrogen-bond donors (Lipinski definition) is 2. The summed E-state index contributed by atoms with van der Waals surface area (Å²) in [6.45, 7) is 6.49. The largest absolute Gasteiger partial charge is 0.359 e. The SMILES string of the molecule is Cc1noc(C)c1NC(=O)NC[C@H]1CCN(Cc2ccccc2F)C1. The molecule has 0 unspecified atom stereocenters. The minimum atomic E-state index is -0.262. The summed E-state index contributed by atoms with van der Waals surface area (Å²) in [5.74, 6) is 0.787. The first-order valence-corrected chi connectivity index (χ1v) is 8.46. The van der Waals surface area contributed by atoms with E-state index in [1.54, 1.807) is 19.9 Å². The highest BCUT2D eigenvalue weighted by Gasteiger charge is 2.23. The summed E-state index contributed by atoms with van der Waals surface area (Å²) >= 11 is 0. The second-order valence-corrected chi connectivity index (χ2v) is 6.52. The van der Waals surface area contributed by atoms with Crippen molar-refractivity contribution in [2.75, 3.05) is 25.0 Å². The van der Waals surface area contributed by atoms with Gasteiger partial charge in [-0.15, -0.1) is 0 Å². The predicted molar refractivity (Wildman–Crippen MR) is 92.8 cm³/mol. The first-order valence-electron chi connectivity index (χ1n) is 8.46. The Hall–Kier alpha value is -2.41. The van der Waals surface area contributed by atoms with Gasteiger partial charge in [0.2, 0.25) is 0 Å². The van der Waals surface area contributed by atoms with E-state index in [0.717, 1.165) is 19.5 Å². The molecule has 1 aliphatic rings. The van der Waals surface area contributed by atoms with E-state index in [-0.39, 0.29) is 11.8 Å². The number of rotatable bonds is 5. The molecule has 1 aromatic heterocycles.